The highest BCUT2D eigenvalue weighted by atomic mass is 16.2. The molecule has 2 fully saturated rings. The first-order valence-electron chi connectivity index (χ1n) is 7.36. The molecule has 2 atom stereocenters. The predicted molar refractivity (Wildman–Crippen MR) is 73.4 cm³/mol. The van der Waals surface area contributed by atoms with Crippen LogP contribution in [0.2, 0.25) is 0 Å². The summed E-state index contributed by atoms with van der Waals surface area (Å²) in [6.07, 6.45) is 5.88. The lowest BCUT2D eigenvalue weighted by Gasteiger charge is -2.29. The molecule has 0 bridgehead atoms. The van der Waals surface area contributed by atoms with Crippen LogP contribution < -0.4 is 5.73 Å². The van der Waals surface area contributed by atoms with E-state index in [1.165, 1.54) is 0 Å². The molecule has 1 aliphatic carbocycles. The van der Waals surface area contributed by atoms with Gasteiger partial charge in [0.1, 0.15) is 0 Å². The molecule has 2 unspecified atom stereocenters. The number of nitrogens with zero attached hydrogens (tertiary/aromatic N) is 2. The van der Waals surface area contributed by atoms with Gasteiger partial charge < -0.3 is 15.5 Å². The quantitative estimate of drug-likeness (QED) is 0.813. The first kappa shape index (κ1) is 14.3. The molecule has 0 aromatic carbocycles. The third-order valence-electron chi connectivity index (χ3n) is 4.27. The van der Waals surface area contributed by atoms with Crippen molar-refractivity contribution in [2.45, 2.75) is 44.6 Å². The first-order valence-corrected chi connectivity index (χ1v) is 7.36. The molecule has 1 saturated carbocycles. The molecule has 19 heavy (non-hydrogen) atoms. The Bertz CT molecular complexity index is 340. The minimum Gasteiger partial charge on any atom is -0.341 e. The van der Waals surface area contributed by atoms with Crippen molar-refractivity contribution < 1.29 is 9.59 Å². The molecule has 5 nitrogen and oxygen atoms in total. The van der Waals surface area contributed by atoms with Gasteiger partial charge >= 0.3 is 0 Å². The van der Waals surface area contributed by atoms with Crippen LogP contribution in [0.5, 0.6) is 0 Å². The van der Waals surface area contributed by atoms with E-state index in [1.54, 1.807) is 11.9 Å². The van der Waals surface area contributed by atoms with Gasteiger partial charge in [-0.3, -0.25) is 9.59 Å². The van der Waals surface area contributed by atoms with Gasteiger partial charge in [-0.05, 0) is 32.1 Å². The van der Waals surface area contributed by atoms with Gasteiger partial charge in [-0.15, -0.1) is 0 Å². The van der Waals surface area contributed by atoms with Gasteiger partial charge in [0.15, 0.2) is 0 Å². The summed E-state index contributed by atoms with van der Waals surface area (Å²) in [5.74, 6) is 0.177. The van der Waals surface area contributed by atoms with Gasteiger partial charge in [-0.2, -0.15) is 0 Å². The van der Waals surface area contributed by atoms with Crippen LogP contribution in [0.1, 0.15) is 38.5 Å². The molecule has 0 aromatic rings. The topological polar surface area (TPSA) is 66.6 Å². The number of nitrogens with two attached hydrogens (primary N) is 1. The zero-order valence-corrected chi connectivity index (χ0v) is 11.8. The monoisotopic (exact) mass is 267 g/mol. The largest absolute Gasteiger partial charge is 0.341 e. The van der Waals surface area contributed by atoms with E-state index in [2.05, 4.69) is 0 Å². The molecule has 2 N–H and O–H groups in total. The van der Waals surface area contributed by atoms with E-state index in [9.17, 15) is 9.59 Å². The molecule has 0 aromatic heterocycles. The highest BCUT2D eigenvalue weighted by Gasteiger charge is 2.29. The summed E-state index contributed by atoms with van der Waals surface area (Å²) in [6, 6.07) is 0.144. The van der Waals surface area contributed by atoms with Crippen LogP contribution in [0.15, 0.2) is 0 Å². The number of carbonyl (C=O) groups excluding carboxylic acids is 2. The fourth-order valence-corrected chi connectivity index (χ4v) is 3.11. The van der Waals surface area contributed by atoms with E-state index in [4.69, 9.17) is 5.73 Å². The molecule has 2 amide bonds. The van der Waals surface area contributed by atoms with E-state index in [-0.39, 0.29) is 30.3 Å². The van der Waals surface area contributed by atoms with Crippen molar-refractivity contribution in [1.29, 1.82) is 0 Å². The maximum Gasteiger partial charge on any atom is 0.242 e. The van der Waals surface area contributed by atoms with E-state index in [1.807, 2.05) is 4.90 Å². The summed E-state index contributed by atoms with van der Waals surface area (Å²) < 4.78 is 0. The lowest BCUT2D eigenvalue weighted by Crippen LogP contribution is -2.44. The molecule has 1 heterocycles. The number of amides is 2. The van der Waals surface area contributed by atoms with Crippen LogP contribution in [-0.4, -0.2) is 54.3 Å². The van der Waals surface area contributed by atoms with Crippen molar-refractivity contribution in [3.05, 3.63) is 0 Å². The number of likely N-dealkylation sites (tertiary alicyclic amines) is 1. The second-order valence-electron chi connectivity index (χ2n) is 5.91. The first-order chi connectivity index (χ1) is 9.08. The SMILES string of the molecule is CN(CC(=O)N1CCCC1)C(=O)C1CCCC(N)C1. The summed E-state index contributed by atoms with van der Waals surface area (Å²) >= 11 is 0. The average Bonchev–Trinajstić information content (AvgIpc) is 2.91. The van der Waals surface area contributed by atoms with Crippen molar-refractivity contribution in [1.82, 2.24) is 9.80 Å². The van der Waals surface area contributed by atoms with Crippen LogP contribution in [-0.2, 0) is 9.59 Å². The number of likely N-dealkylation sites (N-methyl/N-ethyl adjacent to an activating group) is 1. The Morgan fingerprint density at radius 2 is 1.89 bits per heavy atom. The van der Waals surface area contributed by atoms with Crippen LogP contribution in [0.25, 0.3) is 0 Å². The van der Waals surface area contributed by atoms with Crippen LogP contribution in [0.3, 0.4) is 0 Å². The van der Waals surface area contributed by atoms with Crippen molar-refractivity contribution in [3.8, 4) is 0 Å². The molecular formula is C14H25N3O2. The Kier molecular flexibility index (Phi) is 4.80. The Hall–Kier alpha value is -1.10. The second kappa shape index (κ2) is 6.37. The van der Waals surface area contributed by atoms with Gasteiger partial charge in [0.05, 0.1) is 6.54 Å². The normalized spacial score (nSPS) is 27.4. The Morgan fingerprint density at radius 3 is 2.53 bits per heavy atom. The fourth-order valence-electron chi connectivity index (χ4n) is 3.11. The minimum absolute atomic E-state index is 0.0140. The van der Waals surface area contributed by atoms with Gasteiger partial charge in [0.25, 0.3) is 0 Å². The van der Waals surface area contributed by atoms with Gasteiger partial charge in [0.2, 0.25) is 11.8 Å². The lowest BCUT2D eigenvalue weighted by molar-refractivity contribution is -0.142. The highest BCUT2D eigenvalue weighted by molar-refractivity contribution is 5.86. The number of rotatable bonds is 3. The summed E-state index contributed by atoms with van der Waals surface area (Å²) in [5.41, 5.74) is 5.92. The minimum atomic E-state index is 0.0140. The second-order valence-corrected chi connectivity index (χ2v) is 5.91. The fraction of sp³-hybridized carbons (Fsp3) is 0.857. The molecule has 0 radical (unpaired) electrons. The van der Waals surface area contributed by atoms with Crippen LogP contribution >= 0.6 is 0 Å². The molecular weight excluding hydrogens is 242 g/mol. The van der Waals surface area contributed by atoms with E-state index >= 15 is 0 Å². The maximum absolute atomic E-state index is 12.3. The Labute approximate surface area is 115 Å². The number of hydrogen-bond acceptors (Lipinski definition) is 3. The summed E-state index contributed by atoms with van der Waals surface area (Å²) in [6.45, 7) is 1.90. The standard InChI is InChI=1S/C14H25N3O2/c1-16(10-13(18)17-7-2-3-8-17)14(19)11-5-4-6-12(15)9-11/h11-12H,2-10,15H2,1H3. The summed E-state index contributed by atoms with van der Waals surface area (Å²) in [4.78, 5) is 27.8. The maximum atomic E-state index is 12.3. The number of hydrogen-bond donors (Lipinski definition) is 1. The third-order valence-corrected chi connectivity index (χ3v) is 4.27. The molecule has 5 heteroatoms. The van der Waals surface area contributed by atoms with Gasteiger partial charge in [-0.25, -0.2) is 0 Å². The molecule has 1 aliphatic heterocycles. The van der Waals surface area contributed by atoms with Crippen LogP contribution in [0.4, 0.5) is 0 Å². The Morgan fingerprint density at radius 1 is 1.21 bits per heavy atom. The van der Waals surface area contributed by atoms with Gasteiger partial charge in [0, 0.05) is 32.1 Å². The number of carbonyl (C=O) groups is 2. The van der Waals surface area contributed by atoms with Gasteiger partial charge in [-0.1, -0.05) is 6.42 Å². The van der Waals surface area contributed by atoms with Crippen LogP contribution in [0, 0.1) is 5.92 Å². The zero-order valence-electron chi connectivity index (χ0n) is 11.8. The molecule has 1 saturated heterocycles. The van der Waals surface area contributed by atoms with E-state index in [0.29, 0.717) is 0 Å². The summed E-state index contributed by atoms with van der Waals surface area (Å²) in [7, 11) is 1.73. The van der Waals surface area contributed by atoms with E-state index in [0.717, 1.165) is 51.6 Å². The van der Waals surface area contributed by atoms with Crippen molar-refractivity contribution in [2.24, 2.45) is 11.7 Å². The smallest absolute Gasteiger partial charge is 0.242 e. The van der Waals surface area contributed by atoms with Crippen molar-refractivity contribution in [3.63, 3.8) is 0 Å². The van der Waals surface area contributed by atoms with Crippen molar-refractivity contribution >= 4 is 11.8 Å². The van der Waals surface area contributed by atoms with Crippen molar-refractivity contribution in [2.75, 3.05) is 26.7 Å². The lowest BCUT2D eigenvalue weighted by atomic mass is 9.85. The zero-order chi connectivity index (χ0) is 13.8. The third kappa shape index (κ3) is 3.69. The predicted octanol–water partition coefficient (Wildman–Crippen LogP) is 0.585. The molecule has 0 spiro atoms. The molecule has 2 rings (SSSR count). The Balaban J connectivity index is 1.82. The summed E-state index contributed by atoms with van der Waals surface area (Å²) in [5, 5.41) is 0. The highest BCUT2D eigenvalue weighted by Crippen LogP contribution is 2.24. The molecule has 2 aliphatic rings. The van der Waals surface area contributed by atoms with E-state index < -0.39 is 0 Å². The molecule has 108 valence electrons. The average molecular weight is 267 g/mol.